The van der Waals surface area contributed by atoms with Crippen molar-refractivity contribution in [3.05, 3.63) is 17.6 Å². The lowest BCUT2D eigenvalue weighted by Crippen LogP contribution is -2.14. The second-order valence-corrected chi connectivity index (χ2v) is 3.98. The van der Waals surface area contributed by atoms with Gasteiger partial charge in [0, 0.05) is 11.3 Å². The third kappa shape index (κ3) is 2.65. The zero-order valence-electron chi connectivity index (χ0n) is 9.05. The van der Waals surface area contributed by atoms with E-state index in [-0.39, 0.29) is 6.54 Å². The number of aryl methyl sites for hydroxylation is 1. The molecule has 0 radical (unpaired) electrons. The van der Waals surface area contributed by atoms with Gasteiger partial charge in [-0.1, -0.05) is 6.42 Å². The summed E-state index contributed by atoms with van der Waals surface area (Å²) in [6.45, 7) is -0.344. The van der Waals surface area contributed by atoms with Gasteiger partial charge in [0.05, 0.1) is 6.54 Å². The molecule has 1 aromatic heterocycles. The third-order valence-corrected chi connectivity index (χ3v) is 2.80. The molecule has 0 saturated heterocycles. The van der Waals surface area contributed by atoms with Gasteiger partial charge in [0.25, 0.3) is 6.43 Å². The van der Waals surface area contributed by atoms with Crippen molar-refractivity contribution >= 4 is 5.82 Å². The van der Waals surface area contributed by atoms with Crippen LogP contribution in [0.4, 0.5) is 14.6 Å². The summed E-state index contributed by atoms with van der Waals surface area (Å²) in [6.07, 6.45) is 4.31. The van der Waals surface area contributed by atoms with Crippen LogP contribution in [0, 0.1) is 0 Å². The molecule has 16 heavy (non-hydrogen) atoms. The van der Waals surface area contributed by atoms with Crippen LogP contribution in [-0.4, -0.2) is 22.9 Å². The van der Waals surface area contributed by atoms with E-state index >= 15 is 0 Å². The summed E-state index contributed by atoms with van der Waals surface area (Å²) in [5, 5.41) is 2.70. The molecule has 1 heterocycles. The largest absolute Gasteiger partial charge is 0.364 e. The summed E-state index contributed by atoms with van der Waals surface area (Å²) < 4.78 is 24.3. The average Bonchev–Trinajstić information content (AvgIpc) is 2.51. The molecule has 0 fully saturated rings. The van der Waals surface area contributed by atoms with Crippen molar-refractivity contribution in [1.82, 2.24) is 9.97 Å². The van der Waals surface area contributed by atoms with E-state index in [1.807, 2.05) is 0 Å². The number of aromatic nitrogens is 2. The zero-order chi connectivity index (χ0) is 11.4. The normalized spacial score (nSPS) is 15.7. The molecule has 0 unspecified atom stereocenters. The van der Waals surface area contributed by atoms with E-state index in [1.165, 1.54) is 12.7 Å². The van der Waals surface area contributed by atoms with E-state index < -0.39 is 6.43 Å². The van der Waals surface area contributed by atoms with Crippen LogP contribution in [0.2, 0.25) is 0 Å². The highest BCUT2D eigenvalue weighted by Gasteiger charge is 2.14. The Kier molecular flexibility index (Phi) is 3.64. The molecule has 2 rings (SSSR count). The first-order valence-corrected chi connectivity index (χ1v) is 5.62. The molecule has 0 amide bonds. The van der Waals surface area contributed by atoms with Gasteiger partial charge >= 0.3 is 0 Å². The van der Waals surface area contributed by atoms with Gasteiger partial charge in [0.2, 0.25) is 0 Å². The summed E-state index contributed by atoms with van der Waals surface area (Å²) in [4.78, 5) is 8.28. The fraction of sp³-hybridized carbons (Fsp3) is 0.636. The Hall–Kier alpha value is -1.26. The lowest BCUT2D eigenvalue weighted by Gasteiger charge is -2.11. The quantitative estimate of drug-likeness (QED) is 0.806. The maximum atomic E-state index is 12.1. The number of hydrogen-bond donors (Lipinski definition) is 1. The zero-order valence-corrected chi connectivity index (χ0v) is 9.05. The summed E-state index contributed by atoms with van der Waals surface area (Å²) in [7, 11) is 0. The molecule has 1 aromatic rings. The van der Waals surface area contributed by atoms with Crippen LogP contribution in [0.15, 0.2) is 6.33 Å². The van der Waals surface area contributed by atoms with Gasteiger partial charge in [-0.25, -0.2) is 18.7 Å². The first kappa shape index (κ1) is 11.2. The van der Waals surface area contributed by atoms with Crippen LogP contribution >= 0.6 is 0 Å². The van der Waals surface area contributed by atoms with E-state index in [2.05, 4.69) is 15.3 Å². The van der Waals surface area contributed by atoms with Gasteiger partial charge in [0.1, 0.15) is 12.1 Å². The average molecular weight is 227 g/mol. The molecule has 1 N–H and O–H groups in total. The second kappa shape index (κ2) is 5.18. The maximum absolute atomic E-state index is 12.1. The van der Waals surface area contributed by atoms with Crippen molar-refractivity contribution < 1.29 is 8.78 Å². The minimum Gasteiger partial charge on any atom is -0.364 e. The highest BCUT2D eigenvalue weighted by Crippen LogP contribution is 2.23. The van der Waals surface area contributed by atoms with E-state index in [1.54, 1.807) is 0 Å². The first-order valence-electron chi connectivity index (χ1n) is 5.62. The molecule has 5 heteroatoms. The van der Waals surface area contributed by atoms with E-state index in [9.17, 15) is 8.78 Å². The molecule has 0 spiro atoms. The standard InChI is InChI=1S/C11H15F2N3/c12-10(13)6-14-11-8-4-2-1-3-5-9(8)15-7-16-11/h7,10H,1-6H2,(H,14,15,16). The van der Waals surface area contributed by atoms with Crippen molar-refractivity contribution in [3.8, 4) is 0 Å². The molecule has 0 atom stereocenters. The summed E-state index contributed by atoms with van der Waals surface area (Å²) in [6, 6.07) is 0. The highest BCUT2D eigenvalue weighted by atomic mass is 19.3. The van der Waals surface area contributed by atoms with Crippen molar-refractivity contribution in [1.29, 1.82) is 0 Å². The minimum atomic E-state index is -2.35. The molecule has 1 aliphatic rings. The summed E-state index contributed by atoms with van der Waals surface area (Å²) in [5.74, 6) is 0.590. The predicted octanol–water partition coefficient (Wildman–Crippen LogP) is 2.42. The molecule has 1 aliphatic carbocycles. The lowest BCUT2D eigenvalue weighted by molar-refractivity contribution is 0.163. The van der Waals surface area contributed by atoms with Crippen LogP contribution in [0.3, 0.4) is 0 Å². The van der Waals surface area contributed by atoms with Crippen molar-refractivity contribution in [3.63, 3.8) is 0 Å². The number of alkyl halides is 2. The topological polar surface area (TPSA) is 37.8 Å². The first-order chi connectivity index (χ1) is 7.77. The number of nitrogens with one attached hydrogen (secondary N) is 1. The molecule has 0 aliphatic heterocycles. The van der Waals surface area contributed by atoms with Crippen LogP contribution in [0.1, 0.15) is 30.5 Å². The van der Waals surface area contributed by atoms with Gasteiger partial charge in [0.15, 0.2) is 0 Å². The van der Waals surface area contributed by atoms with Crippen molar-refractivity contribution in [2.45, 2.75) is 38.5 Å². The number of anilines is 1. The molecule has 3 nitrogen and oxygen atoms in total. The Morgan fingerprint density at radius 2 is 2.00 bits per heavy atom. The Labute approximate surface area is 93.3 Å². The number of fused-ring (bicyclic) bond motifs is 1. The summed E-state index contributed by atoms with van der Waals surface area (Å²) >= 11 is 0. The van der Waals surface area contributed by atoms with E-state index in [0.717, 1.165) is 36.9 Å². The number of rotatable bonds is 3. The van der Waals surface area contributed by atoms with E-state index in [4.69, 9.17) is 0 Å². The monoisotopic (exact) mass is 227 g/mol. The van der Waals surface area contributed by atoms with Gasteiger partial charge in [-0.15, -0.1) is 0 Å². The number of hydrogen-bond acceptors (Lipinski definition) is 3. The molecular formula is C11H15F2N3. The van der Waals surface area contributed by atoms with Gasteiger partial charge < -0.3 is 5.32 Å². The molecular weight excluding hydrogens is 212 g/mol. The number of halogens is 2. The molecule has 0 aromatic carbocycles. The Balaban J connectivity index is 2.17. The van der Waals surface area contributed by atoms with Crippen LogP contribution in [-0.2, 0) is 12.8 Å². The molecule has 0 saturated carbocycles. The van der Waals surface area contributed by atoms with Gasteiger partial charge in [-0.05, 0) is 25.7 Å². The number of nitrogens with zero attached hydrogens (tertiary/aromatic N) is 2. The van der Waals surface area contributed by atoms with E-state index in [0.29, 0.717) is 5.82 Å². The van der Waals surface area contributed by atoms with Gasteiger partial charge in [-0.2, -0.15) is 0 Å². The Morgan fingerprint density at radius 1 is 1.19 bits per heavy atom. The molecule has 0 bridgehead atoms. The fourth-order valence-corrected chi connectivity index (χ4v) is 2.02. The Morgan fingerprint density at radius 3 is 2.81 bits per heavy atom. The van der Waals surface area contributed by atoms with Crippen LogP contribution < -0.4 is 5.32 Å². The predicted molar refractivity (Wildman–Crippen MR) is 57.8 cm³/mol. The van der Waals surface area contributed by atoms with Crippen molar-refractivity contribution in [2.24, 2.45) is 0 Å². The lowest BCUT2D eigenvalue weighted by atomic mass is 10.1. The van der Waals surface area contributed by atoms with Crippen LogP contribution in [0.5, 0.6) is 0 Å². The summed E-state index contributed by atoms with van der Waals surface area (Å²) in [5.41, 5.74) is 2.05. The highest BCUT2D eigenvalue weighted by molar-refractivity contribution is 5.46. The molecule has 88 valence electrons. The van der Waals surface area contributed by atoms with Crippen molar-refractivity contribution in [2.75, 3.05) is 11.9 Å². The smallest absolute Gasteiger partial charge is 0.255 e. The maximum Gasteiger partial charge on any atom is 0.255 e. The van der Waals surface area contributed by atoms with Crippen LogP contribution in [0.25, 0.3) is 0 Å². The fourth-order valence-electron chi connectivity index (χ4n) is 2.02. The Bertz CT molecular complexity index is 355. The minimum absolute atomic E-state index is 0.344. The van der Waals surface area contributed by atoms with Gasteiger partial charge in [-0.3, -0.25) is 0 Å². The second-order valence-electron chi connectivity index (χ2n) is 3.98. The third-order valence-electron chi connectivity index (χ3n) is 2.80. The SMILES string of the molecule is FC(F)CNc1ncnc2c1CCCCC2.